The molecule has 0 aromatic rings. The second-order valence-corrected chi connectivity index (χ2v) is 22.5. The van der Waals surface area contributed by atoms with E-state index in [-0.39, 0.29) is 38.4 Å². The monoisotopic (exact) mass is 606 g/mol. The summed E-state index contributed by atoms with van der Waals surface area (Å²) in [6.07, 6.45) is 3.94. The summed E-state index contributed by atoms with van der Waals surface area (Å²) in [5, 5.41) is 4.76. The van der Waals surface area contributed by atoms with Crippen LogP contribution in [0.2, 0.25) is 39.3 Å². The first-order valence-corrected chi connectivity index (χ1v) is 20.7. The van der Waals surface area contributed by atoms with Gasteiger partial charge in [-0.15, -0.1) is 0 Å². The molecule has 0 amide bonds. The minimum Gasteiger partial charge on any atom is -0.411 e. The zero-order chi connectivity index (χ0) is 23.7. The molecule has 2 aliphatic carbocycles. The summed E-state index contributed by atoms with van der Waals surface area (Å²) in [5.41, 5.74) is 5.50. The van der Waals surface area contributed by atoms with Crippen molar-refractivity contribution >= 4 is 49.4 Å². The molecule has 0 aromatic carbocycles. The van der Waals surface area contributed by atoms with Gasteiger partial charge in [0.1, 0.15) is 0 Å². The second-order valence-electron chi connectivity index (χ2n) is 10.9. The fraction of sp³-hybridized carbons (Fsp3) is 0.667. The van der Waals surface area contributed by atoms with E-state index in [1.165, 1.54) is 32.7 Å². The molecule has 2 nitrogen and oxygen atoms in total. The molecule has 2 unspecified atom stereocenters. The van der Waals surface area contributed by atoms with Gasteiger partial charge in [-0.05, 0) is 87.5 Å². The average Bonchev–Trinajstić information content (AvgIpc) is 3.04. The van der Waals surface area contributed by atoms with Gasteiger partial charge in [0.2, 0.25) is 0 Å². The van der Waals surface area contributed by atoms with Gasteiger partial charge in [0.15, 0.2) is 16.6 Å². The second kappa shape index (κ2) is 12.3. The summed E-state index contributed by atoms with van der Waals surface area (Å²) in [6, 6.07) is 0. The maximum atomic E-state index is 6.89. The van der Waals surface area contributed by atoms with Crippen molar-refractivity contribution in [1.82, 2.24) is 0 Å². The van der Waals surface area contributed by atoms with Gasteiger partial charge < -0.3 is 8.85 Å². The zero-order valence-corrected chi connectivity index (χ0v) is 29.1. The molecule has 0 bridgehead atoms. The summed E-state index contributed by atoms with van der Waals surface area (Å²) < 4.78 is 13.2. The molecular weight excluding hydrogens is 567 g/mol. The molecule has 0 radical (unpaired) electrons. The Bertz CT molecular complexity index is 765. The van der Waals surface area contributed by atoms with E-state index in [0.717, 1.165) is 35.7 Å². The molecule has 0 fully saturated rings. The van der Waals surface area contributed by atoms with E-state index in [4.69, 9.17) is 32.1 Å². The van der Waals surface area contributed by atoms with E-state index in [1.54, 1.807) is 0 Å². The van der Waals surface area contributed by atoms with Crippen LogP contribution in [0.3, 0.4) is 0 Å². The summed E-state index contributed by atoms with van der Waals surface area (Å²) in [4.78, 5) is 0. The SMILES string of the molecule is CCC(O[Si](C)(C)C)C1=C(C)CC(Cl)=C1[SiH2]C1=C(Cl)CC(C)=C1C(CC)O[Si](C)(C)C.[Zr]. The van der Waals surface area contributed by atoms with Gasteiger partial charge in [-0.25, -0.2) is 0 Å². The maximum Gasteiger partial charge on any atom is 0.184 e. The molecule has 0 aliphatic heterocycles. The van der Waals surface area contributed by atoms with Gasteiger partial charge in [0.25, 0.3) is 0 Å². The molecule has 0 N–H and O–H groups in total. The summed E-state index contributed by atoms with van der Waals surface area (Å²) in [6.45, 7) is 22.5. The van der Waals surface area contributed by atoms with Gasteiger partial charge in [-0.3, -0.25) is 0 Å². The molecule has 180 valence electrons. The van der Waals surface area contributed by atoms with Crippen LogP contribution in [-0.2, 0) is 35.1 Å². The first-order valence-electron chi connectivity index (χ1n) is 11.7. The van der Waals surface area contributed by atoms with Crippen molar-refractivity contribution in [3.05, 3.63) is 42.7 Å². The number of rotatable bonds is 10. The average molecular weight is 609 g/mol. The van der Waals surface area contributed by atoms with E-state index < -0.39 is 26.2 Å². The Morgan fingerprint density at radius 1 is 0.750 bits per heavy atom. The predicted molar refractivity (Wildman–Crippen MR) is 146 cm³/mol. The molecule has 0 saturated heterocycles. The van der Waals surface area contributed by atoms with Gasteiger partial charge in [0, 0.05) is 49.1 Å². The van der Waals surface area contributed by atoms with Crippen molar-refractivity contribution in [1.29, 1.82) is 0 Å². The maximum absolute atomic E-state index is 6.89. The van der Waals surface area contributed by atoms with E-state index >= 15 is 0 Å². The number of hydrogen-bond donors (Lipinski definition) is 0. The zero-order valence-electron chi connectivity index (χ0n) is 21.8. The molecule has 32 heavy (non-hydrogen) atoms. The van der Waals surface area contributed by atoms with Crippen LogP contribution in [0.1, 0.15) is 53.4 Å². The van der Waals surface area contributed by atoms with Crippen LogP contribution in [0, 0.1) is 0 Å². The fourth-order valence-corrected chi connectivity index (χ4v) is 10.4. The molecule has 0 saturated carbocycles. The smallest absolute Gasteiger partial charge is 0.184 e. The van der Waals surface area contributed by atoms with E-state index in [1.807, 2.05) is 0 Å². The fourth-order valence-electron chi connectivity index (χ4n) is 4.72. The molecular formula is C24H42Cl2O2Si3Zr. The summed E-state index contributed by atoms with van der Waals surface area (Å²) >= 11 is 13.8. The molecule has 2 rings (SSSR count). The van der Waals surface area contributed by atoms with Crippen LogP contribution in [0.25, 0.3) is 0 Å². The minimum absolute atomic E-state index is 0. The number of hydrogen-bond acceptors (Lipinski definition) is 2. The van der Waals surface area contributed by atoms with Gasteiger partial charge >= 0.3 is 0 Å². The number of allylic oxidation sites excluding steroid dienone is 4. The Morgan fingerprint density at radius 2 is 1.06 bits per heavy atom. The third-order valence-corrected chi connectivity index (χ3v) is 11.3. The predicted octanol–water partition coefficient (Wildman–Crippen LogP) is 7.75. The summed E-state index contributed by atoms with van der Waals surface area (Å²) in [5.74, 6) is 0. The van der Waals surface area contributed by atoms with Gasteiger partial charge in [-0.2, -0.15) is 0 Å². The van der Waals surface area contributed by atoms with Crippen molar-refractivity contribution in [3.63, 3.8) is 0 Å². The Kier molecular flexibility index (Phi) is 11.9. The van der Waals surface area contributed by atoms with Crippen LogP contribution < -0.4 is 0 Å². The van der Waals surface area contributed by atoms with Gasteiger partial charge in [0.05, 0.1) is 21.7 Å². The molecule has 0 heterocycles. The molecule has 0 spiro atoms. The van der Waals surface area contributed by atoms with E-state index in [2.05, 4.69) is 67.0 Å². The summed E-state index contributed by atoms with van der Waals surface area (Å²) in [7, 11) is -4.19. The van der Waals surface area contributed by atoms with E-state index in [0.29, 0.717) is 0 Å². The van der Waals surface area contributed by atoms with Crippen molar-refractivity contribution in [2.45, 2.75) is 105 Å². The molecule has 2 atom stereocenters. The largest absolute Gasteiger partial charge is 0.411 e. The van der Waals surface area contributed by atoms with Crippen molar-refractivity contribution in [2.75, 3.05) is 0 Å². The van der Waals surface area contributed by atoms with E-state index in [9.17, 15) is 0 Å². The molecule has 8 heteroatoms. The first kappa shape index (κ1) is 31.0. The van der Waals surface area contributed by atoms with Crippen LogP contribution in [0.15, 0.2) is 42.7 Å². The Balaban J connectivity index is 0.00000512. The van der Waals surface area contributed by atoms with Crippen LogP contribution >= 0.6 is 23.2 Å². The molecule has 2 aliphatic rings. The van der Waals surface area contributed by atoms with Crippen LogP contribution in [-0.4, -0.2) is 38.4 Å². The van der Waals surface area contributed by atoms with Crippen molar-refractivity contribution in [3.8, 4) is 0 Å². The Labute approximate surface area is 230 Å². The number of halogens is 2. The third-order valence-electron chi connectivity index (χ3n) is 5.80. The first-order chi connectivity index (χ1) is 14.2. The van der Waals surface area contributed by atoms with Crippen LogP contribution in [0.4, 0.5) is 0 Å². The standard InChI is InChI=1S/C24H42Cl2O2Si3.Zr/c1-11-19(27-30(5,6)7)21-15(3)13-17(25)23(21)29-24-18(26)14-16(4)22(24)20(12-2)28-31(8,9)10;/h19-20H,11-14,29H2,1-10H3;. The quantitative estimate of drug-likeness (QED) is 0.236. The Hall–Kier alpha value is 0.994. The minimum atomic E-state index is -1.67. The van der Waals surface area contributed by atoms with Crippen molar-refractivity contribution < 1.29 is 35.1 Å². The van der Waals surface area contributed by atoms with Gasteiger partial charge in [-0.1, -0.05) is 48.2 Å². The van der Waals surface area contributed by atoms with Crippen LogP contribution in [0.5, 0.6) is 0 Å². The van der Waals surface area contributed by atoms with Crippen molar-refractivity contribution in [2.24, 2.45) is 0 Å². The molecule has 0 aromatic heterocycles. The third kappa shape index (κ3) is 8.01. The normalized spacial score (nSPS) is 20.2. The Morgan fingerprint density at radius 3 is 1.31 bits per heavy atom. The topological polar surface area (TPSA) is 18.5 Å².